The highest BCUT2D eigenvalue weighted by Gasteiger charge is 2.25. The fourth-order valence-electron chi connectivity index (χ4n) is 4.20. The quantitative estimate of drug-likeness (QED) is 0.511. The highest BCUT2D eigenvalue weighted by atomic mass is 16.5. The Labute approximate surface area is 194 Å². The molecule has 1 amide bonds. The minimum absolute atomic E-state index is 0.0243. The van der Waals surface area contributed by atoms with Gasteiger partial charge < -0.3 is 14.4 Å². The number of nitrogens with zero attached hydrogens (tertiary/aromatic N) is 2. The second-order valence-corrected chi connectivity index (χ2v) is 8.16. The van der Waals surface area contributed by atoms with Gasteiger partial charge in [-0.05, 0) is 35.7 Å². The molecule has 0 bridgehead atoms. The normalized spacial score (nSPS) is 14.6. The minimum atomic E-state index is -0.244. The van der Waals surface area contributed by atoms with Crippen LogP contribution in [0, 0.1) is 0 Å². The summed E-state index contributed by atoms with van der Waals surface area (Å²) in [5.41, 5.74) is 1.59. The molecule has 0 atom stereocenters. The molecule has 0 N–H and O–H groups in total. The van der Waals surface area contributed by atoms with E-state index in [4.69, 9.17) is 9.47 Å². The van der Waals surface area contributed by atoms with E-state index < -0.39 is 0 Å². The van der Waals surface area contributed by atoms with Gasteiger partial charge in [-0.1, -0.05) is 60.7 Å². The smallest absolute Gasteiger partial charge is 0.320 e. The van der Waals surface area contributed by atoms with Crippen LogP contribution in [0.2, 0.25) is 0 Å². The molecule has 0 saturated carbocycles. The number of fused-ring (bicyclic) bond motifs is 1. The Morgan fingerprint density at radius 2 is 1.67 bits per heavy atom. The maximum Gasteiger partial charge on any atom is 0.320 e. The summed E-state index contributed by atoms with van der Waals surface area (Å²) < 4.78 is 11.2. The van der Waals surface area contributed by atoms with E-state index in [1.54, 1.807) is 0 Å². The van der Waals surface area contributed by atoms with Crippen LogP contribution < -0.4 is 4.74 Å². The van der Waals surface area contributed by atoms with Crippen molar-refractivity contribution in [2.45, 2.75) is 20.0 Å². The summed E-state index contributed by atoms with van der Waals surface area (Å²) in [6.45, 7) is 5.50. The summed E-state index contributed by atoms with van der Waals surface area (Å²) >= 11 is 0. The van der Waals surface area contributed by atoms with Crippen molar-refractivity contribution in [2.24, 2.45) is 0 Å². The van der Waals surface area contributed by atoms with Gasteiger partial charge in [0, 0.05) is 26.2 Å². The van der Waals surface area contributed by atoms with Crippen LogP contribution >= 0.6 is 0 Å². The van der Waals surface area contributed by atoms with Gasteiger partial charge in [0.15, 0.2) is 0 Å². The molecule has 3 aromatic carbocycles. The summed E-state index contributed by atoms with van der Waals surface area (Å²) in [7, 11) is 0. The standard InChI is InChI=1S/C27H30N2O4/c1-2-32-24-14-13-22-11-6-7-12-23(22)26(24)27(31)29-16-8-15-28(17-18-29)19-25(30)33-20-21-9-4-3-5-10-21/h3-7,9-14H,2,8,15-20H2,1H3. The molecule has 172 valence electrons. The average Bonchev–Trinajstić information content (AvgIpc) is 3.08. The van der Waals surface area contributed by atoms with E-state index in [-0.39, 0.29) is 25.0 Å². The van der Waals surface area contributed by atoms with Crippen LogP contribution in [0.5, 0.6) is 5.75 Å². The number of hydrogen-bond acceptors (Lipinski definition) is 5. The van der Waals surface area contributed by atoms with Gasteiger partial charge in [0.25, 0.3) is 5.91 Å². The largest absolute Gasteiger partial charge is 0.493 e. The van der Waals surface area contributed by atoms with Crippen LogP contribution in [-0.2, 0) is 16.1 Å². The molecular formula is C27H30N2O4. The molecule has 3 aromatic rings. The van der Waals surface area contributed by atoms with Crippen LogP contribution in [0.3, 0.4) is 0 Å². The van der Waals surface area contributed by atoms with E-state index in [1.807, 2.05) is 78.6 Å². The molecule has 1 aliphatic rings. The summed E-state index contributed by atoms with van der Waals surface area (Å²) in [5, 5.41) is 1.92. The van der Waals surface area contributed by atoms with Crippen molar-refractivity contribution in [3.8, 4) is 5.75 Å². The zero-order chi connectivity index (χ0) is 23.0. The lowest BCUT2D eigenvalue weighted by molar-refractivity contribution is -0.146. The molecule has 1 heterocycles. The minimum Gasteiger partial charge on any atom is -0.493 e. The molecule has 6 heteroatoms. The van der Waals surface area contributed by atoms with Crippen LogP contribution in [0.25, 0.3) is 10.8 Å². The first-order valence-corrected chi connectivity index (χ1v) is 11.5. The van der Waals surface area contributed by atoms with Crippen molar-refractivity contribution in [1.29, 1.82) is 0 Å². The van der Waals surface area contributed by atoms with E-state index in [0.717, 1.165) is 29.3 Å². The molecule has 1 fully saturated rings. The molecule has 6 nitrogen and oxygen atoms in total. The molecule has 0 aliphatic carbocycles. The van der Waals surface area contributed by atoms with E-state index >= 15 is 0 Å². The van der Waals surface area contributed by atoms with Crippen molar-refractivity contribution in [1.82, 2.24) is 9.80 Å². The van der Waals surface area contributed by atoms with E-state index in [2.05, 4.69) is 4.90 Å². The summed E-state index contributed by atoms with van der Waals surface area (Å²) in [6, 6.07) is 21.4. The predicted molar refractivity (Wildman–Crippen MR) is 128 cm³/mol. The van der Waals surface area contributed by atoms with Crippen molar-refractivity contribution in [2.75, 3.05) is 39.3 Å². The Balaban J connectivity index is 1.40. The Morgan fingerprint density at radius 3 is 2.48 bits per heavy atom. The van der Waals surface area contributed by atoms with Crippen LogP contribution in [-0.4, -0.2) is 61.0 Å². The third-order valence-corrected chi connectivity index (χ3v) is 5.88. The predicted octanol–water partition coefficient (Wildman–Crippen LogP) is 4.13. The first-order chi connectivity index (χ1) is 16.2. The lowest BCUT2D eigenvalue weighted by atomic mass is 10.0. The zero-order valence-electron chi connectivity index (χ0n) is 19.0. The summed E-state index contributed by atoms with van der Waals surface area (Å²) in [4.78, 5) is 29.9. The van der Waals surface area contributed by atoms with Gasteiger partial charge in [0.1, 0.15) is 12.4 Å². The molecule has 0 aromatic heterocycles. The second kappa shape index (κ2) is 11.0. The fraction of sp³-hybridized carbons (Fsp3) is 0.333. The monoisotopic (exact) mass is 446 g/mol. The topological polar surface area (TPSA) is 59.1 Å². The van der Waals surface area contributed by atoms with Gasteiger partial charge in [0.05, 0.1) is 18.7 Å². The SMILES string of the molecule is CCOc1ccc2ccccc2c1C(=O)N1CCCN(CC(=O)OCc2ccccc2)CC1. The molecule has 33 heavy (non-hydrogen) atoms. The third kappa shape index (κ3) is 5.71. The van der Waals surface area contributed by atoms with Crippen molar-refractivity contribution in [3.63, 3.8) is 0 Å². The second-order valence-electron chi connectivity index (χ2n) is 8.16. The molecule has 1 aliphatic heterocycles. The number of esters is 1. The molecule has 0 unspecified atom stereocenters. The first-order valence-electron chi connectivity index (χ1n) is 11.5. The highest BCUT2D eigenvalue weighted by Crippen LogP contribution is 2.30. The number of ether oxygens (including phenoxy) is 2. The number of amides is 1. The Kier molecular flexibility index (Phi) is 7.58. The van der Waals surface area contributed by atoms with Crippen LogP contribution in [0.1, 0.15) is 29.3 Å². The van der Waals surface area contributed by atoms with Gasteiger partial charge in [0.2, 0.25) is 0 Å². The van der Waals surface area contributed by atoms with Crippen molar-refractivity contribution < 1.29 is 19.1 Å². The summed E-state index contributed by atoms with van der Waals surface area (Å²) in [5.74, 6) is 0.349. The average molecular weight is 447 g/mol. The Bertz CT molecular complexity index is 1100. The highest BCUT2D eigenvalue weighted by molar-refractivity contribution is 6.09. The van der Waals surface area contributed by atoms with E-state index in [1.165, 1.54) is 0 Å². The third-order valence-electron chi connectivity index (χ3n) is 5.88. The molecule has 4 rings (SSSR count). The van der Waals surface area contributed by atoms with Crippen LogP contribution in [0.15, 0.2) is 66.7 Å². The van der Waals surface area contributed by atoms with Gasteiger partial charge in [-0.25, -0.2) is 0 Å². The maximum atomic E-state index is 13.6. The maximum absolute atomic E-state index is 13.6. The number of carbonyl (C=O) groups is 2. The first kappa shape index (κ1) is 22.8. The number of hydrogen-bond donors (Lipinski definition) is 0. The zero-order valence-corrected chi connectivity index (χ0v) is 19.0. The lowest BCUT2D eigenvalue weighted by Gasteiger charge is -2.23. The summed E-state index contributed by atoms with van der Waals surface area (Å²) in [6.07, 6.45) is 0.798. The van der Waals surface area contributed by atoms with Crippen molar-refractivity contribution in [3.05, 3.63) is 77.9 Å². The molecule has 0 radical (unpaired) electrons. The number of carbonyl (C=O) groups excluding carboxylic acids is 2. The van der Waals surface area contributed by atoms with Crippen LogP contribution in [0.4, 0.5) is 0 Å². The molecule has 1 saturated heterocycles. The fourth-order valence-corrected chi connectivity index (χ4v) is 4.20. The molecular weight excluding hydrogens is 416 g/mol. The molecule has 0 spiro atoms. The number of benzene rings is 3. The Hall–Kier alpha value is -3.38. The van der Waals surface area contributed by atoms with Gasteiger partial charge in [-0.3, -0.25) is 14.5 Å². The Morgan fingerprint density at radius 1 is 0.879 bits per heavy atom. The lowest BCUT2D eigenvalue weighted by Crippen LogP contribution is -2.37. The van der Waals surface area contributed by atoms with E-state index in [0.29, 0.717) is 37.6 Å². The number of rotatable bonds is 7. The van der Waals surface area contributed by atoms with Crippen molar-refractivity contribution >= 4 is 22.6 Å². The van der Waals surface area contributed by atoms with Gasteiger partial charge in [-0.15, -0.1) is 0 Å². The van der Waals surface area contributed by atoms with Gasteiger partial charge >= 0.3 is 5.97 Å². The van der Waals surface area contributed by atoms with E-state index in [9.17, 15) is 9.59 Å². The van der Waals surface area contributed by atoms with Gasteiger partial charge in [-0.2, -0.15) is 0 Å².